The molecule has 1 aliphatic rings. The van der Waals surface area contributed by atoms with Crippen molar-refractivity contribution >= 4 is 53.9 Å². The Hall–Kier alpha value is -7.02. The molecular weight excluding hydrogens is 661 g/mol. The Morgan fingerprint density at radius 2 is 0.800 bits per heavy atom. The Labute approximate surface area is 319 Å². The summed E-state index contributed by atoms with van der Waals surface area (Å²) in [5.41, 5.74) is 12.3. The second kappa shape index (κ2) is 11.5. The molecule has 0 aromatic heterocycles. The Kier molecular flexibility index (Phi) is 6.36. The SMILES string of the molecule is c1ccc(C2(c3ccccc3)c3cc(-c4ccc5ccc6cccc7ccc4c5c67)ccc3-c3cc4c(-c5cccc6ccccc56)cccc4cc32)cc1. The zero-order valence-corrected chi connectivity index (χ0v) is 30.1. The van der Waals surface area contributed by atoms with Gasteiger partial charge < -0.3 is 0 Å². The fraction of sp³-hybridized carbons (Fsp3) is 0.0182. The molecule has 11 aromatic rings. The van der Waals surface area contributed by atoms with Crippen molar-refractivity contribution in [3.05, 3.63) is 229 Å². The first-order chi connectivity index (χ1) is 27.3. The summed E-state index contributed by atoms with van der Waals surface area (Å²) in [5.74, 6) is 0. The number of hydrogen-bond acceptors (Lipinski definition) is 0. The van der Waals surface area contributed by atoms with E-state index >= 15 is 0 Å². The lowest BCUT2D eigenvalue weighted by Crippen LogP contribution is -2.28. The average Bonchev–Trinajstić information content (AvgIpc) is 3.54. The van der Waals surface area contributed by atoms with E-state index in [4.69, 9.17) is 0 Å². The van der Waals surface area contributed by atoms with Crippen LogP contribution in [-0.2, 0) is 5.41 Å². The maximum absolute atomic E-state index is 2.51. The molecule has 0 saturated heterocycles. The van der Waals surface area contributed by atoms with Gasteiger partial charge in [0.1, 0.15) is 0 Å². The van der Waals surface area contributed by atoms with Crippen LogP contribution < -0.4 is 0 Å². The summed E-state index contributed by atoms with van der Waals surface area (Å²) in [6, 6.07) is 77.3. The van der Waals surface area contributed by atoms with Crippen molar-refractivity contribution in [2.45, 2.75) is 5.41 Å². The van der Waals surface area contributed by atoms with Gasteiger partial charge in [0, 0.05) is 0 Å². The van der Waals surface area contributed by atoms with E-state index in [9.17, 15) is 0 Å². The van der Waals surface area contributed by atoms with Gasteiger partial charge in [-0.2, -0.15) is 0 Å². The molecule has 0 spiro atoms. The molecule has 0 heteroatoms. The lowest BCUT2D eigenvalue weighted by molar-refractivity contribution is 0.770. The van der Waals surface area contributed by atoms with Crippen LogP contribution in [0.3, 0.4) is 0 Å². The number of fused-ring (bicyclic) bond motifs is 5. The molecule has 0 atom stereocenters. The van der Waals surface area contributed by atoms with E-state index in [1.54, 1.807) is 0 Å². The summed E-state index contributed by atoms with van der Waals surface area (Å²) < 4.78 is 0. The van der Waals surface area contributed by atoms with E-state index in [2.05, 4.69) is 206 Å². The van der Waals surface area contributed by atoms with Gasteiger partial charge in [0.05, 0.1) is 5.41 Å². The van der Waals surface area contributed by atoms with Crippen LogP contribution in [0.5, 0.6) is 0 Å². The summed E-state index contributed by atoms with van der Waals surface area (Å²) in [5, 5.41) is 12.9. The van der Waals surface area contributed by atoms with Crippen LogP contribution in [-0.4, -0.2) is 0 Å². The zero-order chi connectivity index (χ0) is 36.1. The first-order valence-electron chi connectivity index (χ1n) is 19.3. The molecule has 0 fully saturated rings. The Morgan fingerprint density at radius 3 is 1.56 bits per heavy atom. The van der Waals surface area contributed by atoms with Gasteiger partial charge in [-0.1, -0.05) is 188 Å². The summed E-state index contributed by atoms with van der Waals surface area (Å²) in [7, 11) is 0. The number of hydrogen-bond donors (Lipinski definition) is 0. The first-order valence-corrected chi connectivity index (χ1v) is 19.3. The molecule has 0 saturated carbocycles. The quantitative estimate of drug-likeness (QED) is 0.161. The predicted molar refractivity (Wildman–Crippen MR) is 233 cm³/mol. The fourth-order valence-electron chi connectivity index (χ4n) is 10.1. The van der Waals surface area contributed by atoms with Gasteiger partial charge in [0.25, 0.3) is 0 Å². The lowest BCUT2D eigenvalue weighted by Gasteiger charge is -2.34. The summed E-state index contributed by atoms with van der Waals surface area (Å²) in [6.07, 6.45) is 0. The minimum Gasteiger partial charge on any atom is -0.0622 e. The van der Waals surface area contributed by atoms with Crippen LogP contribution in [0.1, 0.15) is 22.3 Å². The van der Waals surface area contributed by atoms with Crippen LogP contribution in [0.4, 0.5) is 0 Å². The Morgan fingerprint density at radius 1 is 0.255 bits per heavy atom. The molecule has 0 heterocycles. The van der Waals surface area contributed by atoms with Crippen LogP contribution in [0, 0.1) is 0 Å². The largest absolute Gasteiger partial charge is 0.0714 e. The smallest absolute Gasteiger partial charge is 0.0622 e. The first kappa shape index (κ1) is 30.4. The van der Waals surface area contributed by atoms with Gasteiger partial charge in [-0.3, -0.25) is 0 Å². The molecule has 0 unspecified atom stereocenters. The zero-order valence-electron chi connectivity index (χ0n) is 30.1. The van der Waals surface area contributed by atoms with Gasteiger partial charge in [-0.15, -0.1) is 0 Å². The molecule has 0 amide bonds. The molecule has 254 valence electrons. The van der Waals surface area contributed by atoms with Crippen LogP contribution in [0.2, 0.25) is 0 Å². The van der Waals surface area contributed by atoms with Crippen molar-refractivity contribution in [3.8, 4) is 33.4 Å². The third-order valence-electron chi connectivity index (χ3n) is 12.5. The molecule has 0 aliphatic heterocycles. The maximum atomic E-state index is 2.51. The van der Waals surface area contributed by atoms with Gasteiger partial charge in [-0.05, 0) is 128 Å². The Balaban J connectivity index is 1.17. The predicted octanol–water partition coefficient (Wildman–Crippen LogP) is 14.6. The fourth-order valence-corrected chi connectivity index (χ4v) is 10.1. The molecule has 12 rings (SSSR count). The Bertz CT molecular complexity index is 3240. The minimum absolute atomic E-state index is 0.517. The van der Waals surface area contributed by atoms with Crippen molar-refractivity contribution in [2.75, 3.05) is 0 Å². The topological polar surface area (TPSA) is 0 Å². The summed E-state index contributed by atoms with van der Waals surface area (Å²) in [6.45, 7) is 0. The second-order valence-corrected chi connectivity index (χ2v) is 15.2. The van der Waals surface area contributed by atoms with Gasteiger partial charge in [0.15, 0.2) is 0 Å². The third kappa shape index (κ3) is 4.23. The molecule has 55 heavy (non-hydrogen) atoms. The van der Waals surface area contributed by atoms with E-state index in [0.29, 0.717) is 0 Å². The second-order valence-electron chi connectivity index (χ2n) is 15.2. The highest BCUT2D eigenvalue weighted by Crippen LogP contribution is 2.58. The van der Waals surface area contributed by atoms with E-state index < -0.39 is 5.41 Å². The lowest BCUT2D eigenvalue weighted by atomic mass is 9.67. The highest BCUT2D eigenvalue weighted by molar-refractivity contribution is 6.25. The normalized spacial score (nSPS) is 13.2. The van der Waals surface area contributed by atoms with E-state index in [1.165, 1.54) is 109 Å². The highest BCUT2D eigenvalue weighted by Gasteiger charge is 2.46. The van der Waals surface area contributed by atoms with E-state index in [-0.39, 0.29) is 0 Å². The summed E-state index contributed by atoms with van der Waals surface area (Å²) >= 11 is 0. The van der Waals surface area contributed by atoms with Gasteiger partial charge in [0.2, 0.25) is 0 Å². The van der Waals surface area contributed by atoms with Gasteiger partial charge >= 0.3 is 0 Å². The van der Waals surface area contributed by atoms with Gasteiger partial charge in [-0.25, -0.2) is 0 Å². The van der Waals surface area contributed by atoms with Crippen molar-refractivity contribution in [1.29, 1.82) is 0 Å². The van der Waals surface area contributed by atoms with Crippen molar-refractivity contribution in [2.24, 2.45) is 0 Å². The number of benzene rings is 11. The monoisotopic (exact) mass is 694 g/mol. The van der Waals surface area contributed by atoms with E-state index in [0.717, 1.165) is 0 Å². The standard InChI is InChI=1S/C55H34/c1-3-17-41(18-4-1)55(42-19-5-2-6-20-42)51-33-40(44-29-26-38-25-24-36-14-9-15-37-27-31-48(44)54(38)53(36)37)28-30-47(51)50-34-49-39(32-52(50)55)16-11-23-46(49)45-22-10-13-35-12-7-8-21-43(35)45/h1-34H. The van der Waals surface area contributed by atoms with Crippen LogP contribution in [0.15, 0.2) is 206 Å². The summed E-state index contributed by atoms with van der Waals surface area (Å²) in [4.78, 5) is 0. The van der Waals surface area contributed by atoms with Crippen molar-refractivity contribution in [1.82, 2.24) is 0 Å². The highest BCUT2D eigenvalue weighted by atomic mass is 14.5. The number of rotatable bonds is 4. The molecule has 0 nitrogen and oxygen atoms in total. The molecule has 11 aromatic carbocycles. The van der Waals surface area contributed by atoms with Crippen molar-refractivity contribution < 1.29 is 0 Å². The minimum atomic E-state index is -0.517. The molecule has 0 N–H and O–H groups in total. The van der Waals surface area contributed by atoms with E-state index in [1.807, 2.05) is 0 Å². The van der Waals surface area contributed by atoms with Crippen molar-refractivity contribution in [3.63, 3.8) is 0 Å². The van der Waals surface area contributed by atoms with Crippen LogP contribution >= 0.6 is 0 Å². The molecule has 0 radical (unpaired) electrons. The molecule has 1 aliphatic carbocycles. The van der Waals surface area contributed by atoms with Crippen LogP contribution in [0.25, 0.3) is 87.2 Å². The molecular formula is C55H34. The maximum Gasteiger partial charge on any atom is 0.0714 e. The third-order valence-corrected chi connectivity index (χ3v) is 12.5. The average molecular weight is 695 g/mol. The molecule has 0 bridgehead atoms.